The first-order valence-corrected chi connectivity index (χ1v) is 7.98. The van der Waals surface area contributed by atoms with Crippen molar-refractivity contribution in [1.82, 2.24) is 0 Å². The maximum atomic E-state index is 11.4. The molecule has 0 aromatic carbocycles. The van der Waals surface area contributed by atoms with Crippen molar-refractivity contribution in [3.8, 4) is 0 Å². The molecule has 0 amide bonds. The molecule has 0 N–H and O–H groups in total. The molecule has 0 aliphatic heterocycles. The van der Waals surface area contributed by atoms with Crippen LogP contribution in [0.1, 0.15) is 66.2 Å². The monoisotopic (exact) mass is 288 g/mol. The number of rotatable bonds is 13. The first-order chi connectivity index (χ1) is 9.60. The van der Waals surface area contributed by atoms with Gasteiger partial charge in [0.25, 0.3) is 0 Å². The largest absolute Gasteiger partial charge is 0.463 e. The van der Waals surface area contributed by atoms with Crippen LogP contribution in [-0.2, 0) is 19.0 Å². The van der Waals surface area contributed by atoms with Crippen LogP contribution >= 0.6 is 0 Å². The summed E-state index contributed by atoms with van der Waals surface area (Å²) in [6, 6.07) is 0. The molecule has 0 aromatic heterocycles. The Morgan fingerprint density at radius 1 is 0.900 bits per heavy atom. The van der Waals surface area contributed by atoms with Gasteiger partial charge in [0, 0.05) is 13.0 Å². The molecule has 0 spiro atoms. The van der Waals surface area contributed by atoms with Gasteiger partial charge in [-0.1, -0.05) is 33.1 Å². The topological polar surface area (TPSA) is 44.8 Å². The van der Waals surface area contributed by atoms with Crippen LogP contribution in [0.25, 0.3) is 0 Å². The molecule has 2 unspecified atom stereocenters. The van der Waals surface area contributed by atoms with E-state index in [-0.39, 0.29) is 18.2 Å². The lowest BCUT2D eigenvalue weighted by Crippen LogP contribution is -2.24. The summed E-state index contributed by atoms with van der Waals surface area (Å²) in [5.41, 5.74) is 0. The molecular formula is C16H32O4. The van der Waals surface area contributed by atoms with Crippen molar-refractivity contribution in [3.05, 3.63) is 0 Å². The average Bonchev–Trinajstić information content (AvgIpc) is 2.43. The second-order valence-electron chi connectivity index (χ2n) is 5.32. The minimum atomic E-state index is -0.124. The van der Waals surface area contributed by atoms with E-state index in [1.54, 1.807) is 0 Å². The Morgan fingerprint density at radius 2 is 1.55 bits per heavy atom. The van der Waals surface area contributed by atoms with E-state index in [9.17, 15) is 4.79 Å². The molecular weight excluding hydrogens is 256 g/mol. The van der Waals surface area contributed by atoms with Gasteiger partial charge >= 0.3 is 5.97 Å². The van der Waals surface area contributed by atoms with Crippen LogP contribution in [0.4, 0.5) is 0 Å². The van der Waals surface area contributed by atoms with Crippen LogP contribution in [0.15, 0.2) is 0 Å². The maximum absolute atomic E-state index is 11.4. The number of carbonyl (C=O) groups excluding carboxylic acids is 1. The predicted molar refractivity (Wildman–Crippen MR) is 80.8 cm³/mol. The van der Waals surface area contributed by atoms with Crippen molar-refractivity contribution in [1.29, 1.82) is 0 Å². The van der Waals surface area contributed by atoms with E-state index in [1.165, 1.54) is 0 Å². The number of ether oxygens (including phenoxy) is 3. The smallest absolute Gasteiger partial charge is 0.305 e. The number of hydrogen-bond donors (Lipinski definition) is 0. The van der Waals surface area contributed by atoms with Gasteiger partial charge in [-0.2, -0.15) is 0 Å². The van der Waals surface area contributed by atoms with Crippen LogP contribution < -0.4 is 0 Å². The summed E-state index contributed by atoms with van der Waals surface area (Å²) in [6.07, 6.45) is 5.83. The fourth-order valence-electron chi connectivity index (χ4n) is 1.63. The molecule has 0 saturated heterocycles. The third-order valence-corrected chi connectivity index (χ3v) is 2.98. The number of hydrogen-bond acceptors (Lipinski definition) is 4. The molecule has 0 rings (SSSR count). The quantitative estimate of drug-likeness (QED) is 0.383. The van der Waals surface area contributed by atoms with E-state index in [0.717, 1.165) is 38.7 Å². The number of carbonyl (C=O) groups is 1. The highest BCUT2D eigenvalue weighted by atomic mass is 16.6. The summed E-state index contributed by atoms with van der Waals surface area (Å²) in [4.78, 5) is 11.4. The summed E-state index contributed by atoms with van der Waals surface area (Å²) in [7, 11) is 0. The van der Waals surface area contributed by atoms with Crippen molar-refractivity contribution in [2.45, 2.75) is 78.4 Å². The zero-order valence-corrected chi connectivity index (χ0v) is 13.7. The molecule has 2 atom stereocenters. The predicted octanol–water partition coefficient (Wildman–Crippen LogP) is 3.72. The Hall–Kier alpha value is -0.610. The average molecular weight is 288 g/mol. The Bertz CT molecular complexity index is 231. The van der Waals surface area contributed by atoms with Gasteiger partial charge in [-0.25, -0.2) is 0 Å². The third kappa shape index (κ3) is 12.4. The van der Waals surface area contributed by atoms with Crippen molar-refractivity contribution in [2.75, 3.05) is 19.8 Å². The van der Waals surface area contributed by atoms with Crippen molar-refractivity contribution in [3.63, 3.8) is 0 Å². The van der Waals surface area contributed by atoms with E-state index in [1.807, 2.05) is 13.8 Å². The van der Waals surface area contributed by atoms with Gasteiger partial charge in [0.15, 0.2) is 0 Å². The van der Waals surface area contributed by atoms with Gasteiger partial charge in [0.05, 0.1) is 18.8 Å². The molecule has 20 heavy (non-hydrogen) atoms. The summed E-state index contributed by atoms with van der Waals surface area (Å²) in [5.74, 6) is -0.124. The van der Waals surface area contributed by atoms with Crippen molar-refractivity contribution in [2.24, 2.45) is 0 Å². The van der Waals surface area contributed by atoms with Crippen LogP contribution in [-0.4, -0.2) is 38.0 Å². The van der Waals surface area contributed by atoms with Crippen LogP contribution in [0.2, 0.25) is 0 Å². The summed E-state index contributed by atoms with van der Waals surface area (Å²) in [6.45, 7) is 9.82. The standard InChI is InChI=1S/C16H32O4/c1-5-7-9-10-16(17)20-13-15(4)19-12-14(3)18-11-8-6-2/h14-15H,5-13H2,1-4H3. The maximum Gasteiger partial charge on any atom is 0.305 e. The molecule has 0 aromatic rings. The van der Waals surface area contributed by atoms with Crippen molar-refractivity contribution < 1.29 is 19.0 Å². The van der Waals surface area contributed by atoms with E-state index < -0.39 is 0 Å². The Kier molecular flexibility index (Phi) is 13.0. The number of unbranched alkanes of at least 4 members (excludes halogenated alkanes) is 3. The molecule has 0 aliphatic rings. The lowest BCUT2D eigenvalue weighted by molar-refractivity contribution is -0.148. The molecule has 0 saturated carbocycles. The van der Waals surface area contributed by atoms with Gasteiger partial charge in [-0.15, -0.1) is 0 Å². The van der Waals surface area contributed by atoms with Gasteiger partial charge in [-0.3, -0.25) is 4.79 Å². The van der Waals surface area contributed by atoms with Gasteiger partial charge < -0.3 is 14.2 Å². The molecule has 4 nitrogen and oxygen atoms in total. The van der Waals surface area contributed by atoms with Gasteiger partial charge in [0.2, 0.25) is 0 Å². The molecule has 0 fully saturated rings. The minimum Gasteiger partial charge on any atom is -0.463 e. The summed E-state index contributed by atoms with van der Waals surface area (Å²) in [5, 5.41) is 0. The molecule has 0 radical (unpaired) electrons. The molecule has 0 bridgehead atoms. The minimum absolute atomic E-state index is 0.0812. The van der Waals surface area contributed by atoms with E-state index >= 15 is 0 Å². The van der Waals surface area contributed by atoms with Crippen LogP contribution in [0, 0.1) is 0 Å². The zero-order chi connectivity index (χ0) is 15.2. The van der Waals surface area contributed by atoms with Crippen LogP contribution in [0.5, 0.6) is 0 Å². The molecule has 0 aliphatic carbocycles. The van der Waals surface area contributed by atoms with E-state index in [4.69, 9.17) is 14.2 Å². The normalized spacial score (nSPS) is 14.0. The fourth-order valence-corrected chi connectivity index (χ4v) is 1.63. The van der Waals surface area contributed by atoms with Gasteiger partial charge in [-0.05, 0) is 26.7 Å². The summed E-state index contributed by atoms with van der Waals surface area (Å²) >= 11 is 0. The SMILES string of the molecule is CCCCCC(=O)OCC(C)OCC(C)OCCCC. The second-order valence-corrected chi connectivity index (χ2v) is 5.32. The first-order valence-electron chi connectivity index (χ1n) is 7.98. The van der Waals surface area contributed by atoms with Crippen LogP contribution in [0.3, 0.4) is 0 Å². The Morgan fingerprint density at radius 3 is 2.20 bits per heavy atom. The lowest BCUT2D eigenvalue weighted by atomic mass is 10.2. The molecule has 4 heteroatoms. The van der Waals surface area contributed by atoms with E-state index in [0.29, 0.717) is 19.6 Å². The first kappa shape index (κ1) is 19.4. The van der Waals surface area contributed by atoms with Gasteiger partial charge in [0.1, 0.15) is 6.61 Å². The summed E-state index contributed by atoms with van der Waals surface area (Å²) < 4.78 is 16.4. The Labute approximate surface area is 124 Å². The third-order valence-electron chi connectivity index (χ3n) is 2.98. The highest BCUT2D eigenvalue weighted by Crippen LogP contribution is 2.03. The lowest BCUT2D eigenvalue weighted by Gasteiger charge is -2.17. The highest BCUT2D eigenvalue weighted by Gasteiger charge is 2.10. The molecule has 120 valence electrons. The zero-order valence-electron chi connectivity index (χ0n) is 13.7. The fraction of sp³-hybridized carbons (Fsp3) is 0.938. The second kappa shape index (κ2) is 13.4. The molecule has 0 heterocycles. The van der Waals surface area contributed by atoms with Crippen molar-refractivity contribution >= 4 is 5.97 Å². The Balaban J connectivity index is 3.52. The number of esters is 1. The van der Waals surface area contributed by atoms with E-state index in [2.05, 4.69) is 13.8 Å². The highest BCUT2D eigenvalue weighted by molar-refractivity contribution is 5.69.